The van der Waals surface area contributed by atoms with E-state index in [1.165, 1.54) is 17.6 Å². The topological polar surface area (TPSA) is 46.5 Å². The molecule has 3 fully saturated rings. The Balaban J connectivity index is 1.35. The smallest absolute Gasteiger partial charge is 0.169 e. The molecule has 4 aliphatic rings. The summed E-state index contributed by atoms with van der Waals surface area (Å²) in [6, 6.07) is 8.37. The fraction of sp³-hybridized carbons (Fsp3) is 0.656. The fourth-order valence-corrected chi connectivity index (χ4v) is 9.08. The number of ketones is 1. The zero-order valence-electron chi connectivity index (χ0n) is 22.2. The molecule has 35 heavy (non-hydrogen) atoms. The maximum Gasteiger partial charge on any atom is 0.169 e. The van der Waals surface area contributed by atoms with Crippen LogP contribution >= 0.6 is 0 Å². The quantitative estimate of drug-likeness (QED) is 0.346. The summed E-state index contributed by atoms with van der Waals surface area (Å²) in [5.41, 5.74) is 3.72. The number of hydrogen-bond donors (Lipinski definition) is 1. The molecule has 0 amide bonds. The minimum Gasteiger partial charge on any atom is -0.365 e. The lowest BCUT2D eigenvalue weighted by Crippen LogP contribution is -2.55. The van der Waals surface area contributed by atoms with Gasteiger partial charge in [-0.2, -0.15) is 0 Å². The molecule has 3 nitrogen and oxygen atoms in total. The average molecular weight is 477 g/mol. The van der Waals surface area contributed by atoms with Crippen molar-refractivity contribution in [2.45, 2.75) is 97.9 Å². The van der Waals surface area contributed by atoms with Gasteiger partial charge in [-0.3, -0.25) is 4.79 Å². The number of benzene rings is 1. The van der Waals surface area contributed by atoms with Gasteiger partial charge in [0.05, 0.1) is 6.61 Å². The second-order valence-corrected chi connectivity index (χ2v) is 12.8. The second-order valence-electron chi connectivity index (χ2n) is 12.8. The van der Waals surface area contributed by atoms with Crippen LogP contribution in [0.15, 0.2) is 48.6 Å². The Labute approximate surface area is 212 Å². The van der Waals surface area contributed by atoms with Crippen molar-refractivity contribution in [2.75, 3.05) is 0 Å². The van der Waals surface area contributed by atoms with E-state index in [0.717, 1.165) is 44.1 Å². The highest BCUT2D eigenvalue weighted by Crippen LogP contribution is 2.70. The van der Waals surface area contributed by atoms with Crippen LogP contribution in [-0.4, -0.2) is 16.7 Å². The Kier molecular flexibility index (Phi) is 6.20. The van der Waals surface area contributed by atoms with Crippen LogP contribution in [0, 0.1) is 40.9 Å². The molecule has 7 atom stereocenters. The molecule has 0 aromatic heterocycles. The van der Waals surface area contributed by atoms with Gasteiger partial charge in [-0.1, -0.05) is 61.4 Å². The SMILES string of the molecule is C=CC[C@]1(C(C)=O)CC[C@H]2[C@@H]3CC=C4CC(O)(OCc5ccc(C)cc5)CC[C@]4(C)[C@H]3CC[C@@]21C. The Morgan fingerprint density at radius 2 is 1.83 bits per heavy atom. The van der Waals surface area contributed by atoms with Crippen LogP contribution in [-0.2, 0) is 16.1 Å². The number of carbonyl (C=O) groups excluding carboxylic acids is 1. The lowest BCUT2D eigenvalue weighted by molar-refractivity contribution is -0.231. The molecule has 4 aliphatic carbocycles. The van der Waals surface area contributed by atoms with E-state index < -0.39 is 5.79 Å². The number of aliphatic hydroxyl groups is 1. The zero-order chi connectivity index (χ0) is 25.1. The van der Waals surface area contributed by atoms with Gasteiger partial charge >= 0.3 is 0 Å². The minimum atomic E-state index is -1.08. The Hall–Kier alpha value is -1.71. The Morgan fingerprint density at radius 1 is 1.11 bits per heavy atom. The fourth-order valence-electron chi connectivity index (χ4n) is 9.08. The van der Waals surface area contributed by atoms with Crippen molar-refractivity contribution in [3.8, 4) is 0 Å². The van der Waals surface area contributed by atoms with E-state index in [-0.39, 0.29) is 16.2 Å². The highest BCUT2D eigenvalue weighted by molar-refractivity contribution is 5.84. The maximum atomic E-state index is 13.0. The van der Waals surface area contributed by atoms with Crippen LogP contribution in [0.4, 0.5) is 0 Å². The number of rotatable bonds is 6. The number of fused-ring (bicyclic) bond motifs is 5. The molecule has 1 N–H and O–H groups in total. The summed E-state index contributed by atoms with van der Waals surface area (Å²) >= 11 is 0. The summed E-state index contributed by atoms with van der Waals surface area (Å²) in [7, 11) is 0. The van der Waals surface area contributed by atoms with E-state index in [2.05, 4.69) is 57.7 Å². The van der Waals surface area contributed by atoms with Crippen molar-refractivity contribution < 1.29 is 14.6 Å². The highest BCUT2D eigenvalue weighted by Gasteiger charge is 2.65. The van der Waals surface area contributed by atoms with Gasteiger partial charge < -0.3 is 9.84 Å². The molecule has 1 aromatic carbocycles. The van der Waals surface area contributed by atoms with E-state index in [4.69, 9.17) is 4.74 Å². The number of carbonyl (C=O) groups is 1. The van der Waals surface area contributed by atoms with Gasteiger partial charge in [-0.05, 0) is 92.9 Å². The van der Waals surface area contributed by atoms with E-state index in [0.29, 0.717) is 43.0 Å². The molecule has 0 heterocycles. The monoisotopic (exact) mass is 476 g/mol. The first-order valence-electron chi connectivity index (χ1n) is 13.8. The van der Waals surface area contributed by atoms with E-state index in [1.807, 2.05) is 13.0 Å². The number of ether oxygens (including phenoxy) is 1. The van der Waals surface area contributed by atoms with Gasteiger partial charge in [0.2, 0.25) is 0 Å². The number of aryl methyl sites for hydroxylation is 1. The van der Waals surface area contributed by atoms with Crippen molar-refractivity contribution in [2.24, 2.45) is 34.0 Å². The van der Waals surface area contributed by atoms with Crippen LogP contribution in [0.1, 0.15) is 89.7 Å². The van der Waals surface area contributed by atoms with Crippen molar-refractivity contribution in [1.82, 2.24) is 0 Å². The van der Waals surface area contributed by atoms with Gasteiger partial charge in [0.25, 0.3) is 0 Å². The summed E-state index contributed by atoms with van der Waals surface area (Å²) in [5.74, 6) is 1.15. The first kappa shape index (κ1) is 25.0. The molecular weight excluding hydrogens is 432 g/mol. The van der Waals surface area contributed by atoms with Gasteiger partial charge in [0, 0.05) is 18.3 Å². The highest BCUT2D eigenvalue weighted by atomic mass is 16.6. The first-order valence-corrected chi connectivity index (χ1v) is 13.8. The van der Waals surface area contributed by atoms with Crippen molar-refractivity contribution in [1.29, 1.82) is 0 Å². The van der Waals surface area contributed by atoms with Gasteiger partial charge in [0.1, 0.15) is 5.78 Å². The molecule has 3 heteroatoms. The third-order valence-corrected chi connectivity index (χ3v) is 11.3. The normalized spacial score (nSPS) is 42.4. The third kappa shape index (κ3) is 3.80. The lowest BCUT2D eigenvalue weighted by atomic mass is 9.45. The standard InChI is InChI=1S/C32H44O3/c1-6-15-31(23(3)33)17-14-28-26-12-11-25-20-32(34,35-21-24-9-7-22(2)8-10-24)19-18-29(25,4)27(26)13-16-30(28,31)5/h6-11,26-28,34H,1,12-21H2,2-5H3/t26-,27+,28+,29+,30+,31-,32?/m1/s1. The molecule has 0 spiro atoms. The van der Waals surface area contributed by atoms with Gasteiger partial charge in [-0.15, -0.1) is 6.58 Å². The summed E-state index contributed by atoms with van der Waals surface area (Å²) < 4.78 is 6.16. The molecule has 3 saturated carbocycles. The van der Waals surface area contributed by atoms with Crippen molar-refractivity contribution in [3.63, 3.8) is 0 Å². The summed E-state index contributed by atoms with van der Waals surface area (Å²) in [6.45, 7) is 13.3. The minimum absolute atomic E-state index is 0.0719. The van der Waals surface area contributed by atoms with Crippen molar-refractivity contribution in [3.05, 3.63) is 59.7 Å². The third-order valence-electron chi connectivity index (χ3n) is 11.3. The van der Waals surface area contributed by atoms with Gasteiger partial charge in [-0.25, -0.2) is 0 Å². The van der Waals surface area contributed by atoms with Gasteiger partial charge in [0.15, 0.2) is 5.79 Å². The summed E-state index contributed by atoms with van der Waals surface area (Å²) in [5, 5.41) is 11.4. The van der Waals surface area contributed by atoms with E-state index in [1.54, 1.807) is 0 Å². The molecule has 0 radical (unpaired) electrons. The average Bonchev–Trinajstić information content (AvgIpc) is 3.13. The molecule has 5 rings (SSSR count). The molecule has 190 valence electrons. The van der Waals surface area contributed by atoms with E-state index >= 15 is 0 Å². The molecule has 1 unspecified atom stereocenters. The number of allylic oxidation sites excluding steroid dienone is 2. The van der Waals surface area contributed by atoms with E-state index in [9.17, 15) is 9.90 Å². The molecule has 0 bridgehead atoms. The number of Topliss-reactive ketones (excluding diaryl/α,β-unsaturated/α-hetero) is 1. The predicted molar refractivity (Wildman–Crippen MR) is 141 cm³/mol. The zero-order valence-corrected chi connectivity index (χ0v) is 22.2. The molecule has 1 aromatic rings. The first-order chi connectivity index (χ1) is 16.6. The Morgan fingerprint density at radius 3 is 2.51 bits per heavy atom. The summed E-state index contributed by atoms with van der Waals surface area (Å²) in [6.07, 6.45) is 13.1. The summed E-state index contributed by atoms with van der Waals surface area (Å²) in [4.78, 5) is 13.0. The van der Waals surface area contributed by atoms with Crippen LogP contribution in [0.5, 0.6) is 0 Å². The Bertz CT molecular complexity index is 1020. The van der Waals surface area contributed by atoms with Crippen LogP contribution < -0.4 is 0 Å². The molecular formula is C32H44O3. The largest absolute Gasteiger partial charge is 0.365 e. The van der Waals surface area contributed by atoms with Crippen LogP contribution in [0.2, 0.25) is 0 Å². The lowest BCUT2D eigenvalue weighted by Gasteiger charge is -2.60. The number of hydrogen-bond acceptors (Lipinski definition) is 3. The van der Waals surface area contributed by atoms with Crippen LogP contribution in [0.3, 0.4) is 0 Å². The van der Waals surface area contributed by atoms with Crippen molar-refractivity contribution >= 4 is 5.78 Å². The molecule has 0 aliphatic heterocycles. The maximum absolute atomic E-state index is 13.0. The second kappa shape index (κ2) is 8.70. The predicted octanol–water partition coefficient (Wildman–Crippen LogP) is 7.31. The van der Waals surface area contributed by atoms with Crippen LogP contribution in [0.25, 0.3) is 0 Å². The molecule has 0 saturated heterocycles.